The number of rotatable bonds is 4. The van der Waals surface area contributed by atoms with Gasteiger partial charge in [-0.25, -0.2) is 8.78 Å². The van der Waals surface area contributed by atoms with Crippen molar-refractivity contribution in [1.82, 2.24) is 9.78 Å². The summed E-state index contributed by atoms with van der Waals surface area (Å²) in [7, 11) is 1.62. The molecular weight excluding hydrogens is 274 g/mol. The minimum Gasteiger partial charge on any atom is -0.496 e. The zero-order chi connectivity index (χ0) is 15.6. The molecule has 1 heterocycles. The predicted molar refractivity (Wildman–Crippen MR) is 78.9 cm³/mol. The highest BCUT2D eigenvalue weighted by atomic mass is 19.3. The Morgan fingerprint density at radius 3 is 2.52 bits per heavy atom. The van der Waals surface area contributed by atoms with Crippen LogP contribution in [-0.4, -0.2) is 23.3 Å². The molecule has 0 fully saturated rings. The molecule has 0 unspecified atom stereocenters. The molecule has 5 heteroatoms. The number of nitrogens with zero attached hydrogens (tertiary/aromatic N) is 2. The highest BCUT2D eigenvalue weighted by molar-refractivity contribution is 5.69. The Morgan fingerprint density at radius 1 is 1.24 bits per heavy atom. The second kappa shape index (κ2) is 5.84. The SMILES string of the molecule is COc1c(-c2ccn(CC(F)F)n2)cccc1C(C)(C)C. The fourth-order valence-electron chi connectivity index (χ4n) is 2.30. The normalized spacial score (nSPS) is 12.0. The summed E-state index contributed by atoms with van der Waals surface area (Å²) in [5.41, 5.74) is 2.44. The Balaban J connectivity index is 2.46. The average molecular weight is 294 g/mol. The van der Waals surface area contributed by atoms with E-state index < -0.39 is 13.0 Å². The molecule has 0 amide bonds. The Morgan fingerprint density at radius 2 is 1.95 bits per heavy atom. The van der Waals surface area contributed by atoms with Crippen molar-refractivity contribution in [2.24, 2.45) is 0 Å². The Kier molecular flexibility index (Phi) is 4.30. The summed E-state index contributed by atoms with van der Waals surface area (Å²) in [6, 6.07) is 7.57. The summed E-state index contributed by atoms with van der Waals surface area (Å²) in [6.45, 7) is 5.90. The molecule has 0 atom stereocenters. The lowest BCUT2D eigenvalue weighted by Gasteiger charge is -2.23. The van der Waals surface area contributed by atoms with Crippen LogP contribution in [0.15, 0.2) is 30.5 Å². The van der Waals surface area contributed by atoms with E-state index in [0.717, 1.165) is 16.9 Å². The molecule has 0 radical (unpaired) electrons. The predicted octanol–water partition coefficient (Wildman–Crippen LogP) is 4.12. The summed E-state index contributed by atoms with van der Waals surface area (Å²) in [6.07, 6.45) is -0.856. The van der Waals surface area contributed by atoms with E-state index in [4.69, 9.17) is 4.74 Å². The third kappa shape index (κ3) is 3.40. The second-order valence-corrected chi connectivity index (χ2v) is 5.95. The van der Waals surface area contributed by atoms with Gasteiger partial charge in [0.2, 0.25) is 0 Å². The zero-order valence-corrected chi connectivity index (χ0v) is 12.7. The van der Waals surface area contributed by atoms with E-state index in [-0.39, 0.29) is 5.41 Å². The first-order valence-corrected chi connectivity index (χ1v) is 6.82. The monoisotopic (exact) mass is 294 g/mol. The molecule has 114 valence electrons. The van der Waals surface area contributed by atoms with Crippen LogP contribution in [0.4, 0.5) is 8.78 Å². The molecule has 2 aromatic rings. The number of para-hydroxylation sites is 1. The lowest BCUT2D eigenvalue weighted by atomic mass is 9.85. The van der Waals surface area contributed by atoms with Crippen LogP contribution in [-0.2, 0) is 12.0 Å². The van der Waals surface area contributed by atoms with Crippen molar-refractivity contribution in [3.63, 3.8) is 0 Å². The Labute approximate surface area is 123 Å². The molecule has 3 nitrogen and oxygen atoms in total. The third-order valence-corrected chi connectivity index (χ3v) is 3.27. The van der Waals surface area contributed by atoms with E-state index in [0.29, 0.717) is 5.69 Å². The quantitative estimate of drug-likeness (QED) is 0.848. The van der Waals surface area contributed by atoms with E-state index in [2.05, 4.69) is 25.9 Å². The molecule has 0 spiro atoms. The minimum atomic E-state index is -2.42. The van der Waals surface area contributed by atoms with Gasteiger partial charge >= 0.3 is 0 Å². The van der Waals surface area contributed by atoms with Gasteiger partial charge in [-0.15, -0.1) is 0 Å². The van der Waals surface area contributed by atoms with Gasteiger partial charge in [0.25, 0.3) is 6.43 Å². The van der Waals surface area contributed by atoms with Crippen LogP contribution in [0.1, 0.15) is 26.3 Å². The first kappa shape index (κ1) is 15.5. The van der Waals surface area contributed by atoms with E-state index in [1.807, 2.05) is 18.2 Å². The van der Waals surface area contributed by atoms with Crippen molar-refractivity contribution >= 4 is 0 Å². The summed E-state index contributed by atoms with van der Waals surface area (Å²) >= 11 is 0. The lowest BCUT2D eigenvalue weighted by Crippen LogP contribution is -2.13. The molecule has 0 saturated carbocycles. The van der Waals surface area contributed by atoms with Crippen LogP contribution < -0.4 is 4.74 Å². The van der Waals surface area contributed by atoms with Crippen LogP contribution in [0.5, 0.6) is 5.75 Å². The first-order chi connectivity index (χ1) is 9.82. The Bertz CT molecular complexity index is 615. The number of aromatic nitrogens is 2. The average Bonchev–Trinajstić information content (AvgIpc) is 2.84. The topological polar surface area (TPSA) is 27.1 Å². The summed E-state index contributed by atoms with van der Waals surface area (Å²) < 4.78 is 31.6. The number of ether oxygens (including phenoxy) is 1. The van der Waals surface area contributed by atoms with Gasteiger partial charge in [-0.3, -0.25) is 4.68 Å². The maximum absolute atomic E-state index is 12.4. The van der Waals surface area contributed by atoms with Crippen molar-refractivity contribution in [3.8, 4) is 17.0 Å². The zero-order valence-electron chi connectivity index (χ0n) is 12.7. The fourth-order valence-corrected chi connectivity index (χ4v) is 2.30. The van der Waals surface area contributed by atoms with E-state index in [1.54, 1.807) is 19.4 Å². The third-order valence-electron chi connectivity index (χ3n) is 3.27. The number of hydrogen-bond donors (Lipinski definition) is 0. The van der Waals surface area contributed by atoms with Gasteiger partial charge in [0.15, 0.2) is 0 Å². The maximum atomic E-state index is 12.4. The molecule has 0 aliphatic heterocycles. The summed E-state index contributed by atoms with van der Waals surface area (Å²) in [4.78, 5) is 0. The van der Waals surface area contributed by atoms with Gasteiger partial charge in [0, 0.05) is 17.3 Å². The molecule has 0 saturated heterocycles. The number of hydrogen-bond acceptors (Lipinski definition) is 2. The lowest BCUT2D eigenvalue weighted by molar-refractivity contribution is 0.122. The van der Waals surface area contributed by atoms with Crippen LogP contribution in [0, 0.1) is 0 Å². The van der Waals surface area contributed by atoms with Crippen LogP contribution in [0.2, 0.25) is 0 Å². The number of benzene rings is 1. The molecule has 1 aromatic heterocycles. The standard InChI is InChI=1S/C16H20F2N2O/c1-16(2,3)12-7-5-6-11(15(12)21-4)13-8-9-20(19-13)10-14(17)18/h5-9,14H,10H2,1-4H3. The minimum absolute atomic E-state index is 0.0765. The molecule has 0 N–H and O–H groups in total. The largest absolute Gasteiger partial charge is 0.496 e. The van der Waals surface area contributed by atoms with Gasteiger partial charge in [-0.05, 0) is 17.5 Å². The number of halogens is 2. The highest BCUT2D eigenvalue weighted by Gasteiger charge is 2.22. The van der Waals surface area contributed by atoms with Crippen LogP contribution in [0.25, 0.3) is 11.3 Å². The summed E-state index contributed by atoms with van der Waals surface area (Å²) in [5, 5.41) is 4.21. The molecular formula is C16H20F2N2O. The van der Waals surface area contributed by atoms with E-state index in [1.165, 1.54) is 4.68 Å². The van der Waals surface area contributed by atoms with Gasteiger partial charge in [0.05, 0.1) is 12.8 Å². The van der Waals surface area contributed by atoms with Crippen molar-refractivity contribution in [2.75, 3.05) is 7.11 Å². The molecule has 21 heavy (non-hydrogen) atoms. The smallest absolute Gasteiger partial charge is 0.257 e. The molecule has 0 aliphatic carbocycles. The van der Waals surface area contributed by atoms with Gasteiger partial charge in [-0.1, -0.05) is 32.9 Å². The van der Waals surface area contributed by atoms with Gasteiger partial charge < -0.3 is 4.74 Å². The van der Waals surface area contributed by atoms with Crippen molar-refractivity contribution in [1.29, 1.82) is 0 Å². The van der Waals surface area contributed by atoms with Crippen LogP contribution >= 0.6 is 0 Å². The number of alkyl halides is 2. The first-order valence-electron chi connectivity index (χ1n) is 6.82. The fraction of sp³-hybridized carbons (Fsp3) is 0.438. The highest BCUT2D eigenvalue weighted by Crippen LogP contribution is 2.38. The number of methoxy groups -OCH3 is 1. The van der Waals surface area contributed by atoms with Gasteiger partial charge in [0.1, 0.15) is 12.3 Å². The molecule has 2 rings (SSSR count). The van der Waals surface area contributed by atoms with E-state index >= 15 is 0 Å². The van der Waals surface area contributed by atoms with Crippen LogP contribution in [0.3, 0.4) is 0 Å². The maximum Gasteiger partial charge on any atom is 0.257 e. The Hall–Kier alpha value is -1.91. The molecule has 0 bridgehead atoms. The molecule has 1 aromatic carbocycles. The van der Waals surface area contributed by atoms with Crippen molar-refractivity contribution < 1.29 is 13.5 Å². The van der Waals surface area contributed by atoms with Crippen molar-refractivity contribution in [2.45, 2.75) is 39.2 Å². The molecule has 0 aliphatic rings. The van der Waals surface area contributed by atoms with Crippen molar-refractivity contribution in [3.05, 3.63) is 36.0 Å². The second-order valence-electron chi connectivity index (χ2n) is 5.95. The summed E-state index contributed by atoms with van der Waals surface area (Å²) in [5.74, 6) is 0.743. The van der Waals surface area contributed by atoms with Gasteiger partial charge in [-0.2, -0.15) is 5.10 Å². The van der Waals surface area contributed by atoms with E-state index in [9.17, 15) is 8.78 Å².